The minimum Gasteiger partial charge on any atom is -0.126 e. The van der Waals surface area contributed by atoms with Gasteiger partial charge in [0.2, 0.25) is 0 Å². The SMILES string of the molecule is CC(C)(C)CCC(CCl)c1ccccc1. The van der Waals surface area contributed by atoms with Gasteiger partial charge in [-0.15, -0.1) is 11.6 Å². The van der Waals surface area contributed by atoms with Crippen LogP contribution in [0.5, 0.6) is 0 Å². The van der Waals surface area contributed by atoms with Gasteiger partial charge in [-0.2, -0.15) is 0 Å². The van der Waals surface area contributed by atoms with Crippen molar-refractivity contribution in [3.63, 3.8) is 0 Å². The van der Waals surface area contributed by atoms with Gasteiger partial charge in [0.15, 0.2) is 0 Å². The minimum absolute atomic E-state index is 0.402. The van der Waals surface area contributed by atoms with Gasteiger partial charge in [-0.1, -0.05) is 51.1 Å². The van der Waals surface area contributed by atoms with Gasteiger partial charge >= 0.3 is 0 Å². The first kappa shape index (κ1) is 12.6. The summed E-state index contributed by atoms with van der Waals surface area (Å²) in [6.07, 6.45) is 2.40. The van der Waals surface area contributed by atoms with Crippen LogP contribution >= 0.6 is 11.6 Å². The maximum Gasteiger partial charge on any atom is 0.0292 e. The summed E-state index contributed by atoms with van der Waals surface area (Å²) in [4.78, 5) is 0. The van der Waals surface area contributed by atoms with E-state index in [-0.39, 0.29) is 0 Å². The molecule has 0 aliphatic heterocycles. The fourth-order valence-corrected chi connectivity index (χ4v) is 2.00. The van der Waals surface area contributed by atoms with E-state index in [1.54, 1.807) is 0 Å². The zero-order valence-corrected chi connectivity index (χ0v) is 10.7. The second-order valence-electron chi connectivity index (χ2n) is 5.36. The molecule has 0 aliphatic rings. The summed E-state index contributed by atoms with van der Waals surface area (Å²) < 4.78 is 0. The lowest BCUT2D eigenvalue weighted by atomic mass is 9.85. The summed E-state index contributed by atoms with van der Waals surface area (Å²) in [7, 11) is 0. The van der Waals surface area contributed by atoms with Crippen molar-refractivity contribution in [1.29, 1.82) is 0 Å². The molecule has 0 bridgehead atoms. The van der Waals surface area contributed by atoms with Crippen LogP contribution in [0.25, 0.3) is 0 Å². The molecule has 0 N–H and O–H groups in total. The Hall–Kier alpha value is -0.490. The fraction of sp³-hybridized carbons (Fsp3) is 0.571. The Morgan fingerprint density at radius 3 is 2.20 bits per heavy atom. The highest BCUT2D eigenvalue weighted by Gasteiger charge is 2.15. The van der Waals surface area contributed by atoms with Crippen molar-refractivity contribution in [2.45, 2.75) is 39.5 Å². The van der Waals surface area contributed by atoms with Crippen molar-refractivity contribution >= 4 is 11.6 Å². The van der Waals surface area contributed by atoms with Gasteiger partial charge in [-0.05, 0) is 29.7 Å². The van der Waals surface area contributed by atoms with Crippen LogP contribution in [0.15, 0.2) is 30.3 Å². The molecule has 1 aromatic carbocycles. The quantitative estimate of drug-likeness (QED) is 0.643. The molecule has 1 rings (SSSR count). The summed E-state index contributed by atoms with van der Waals surface area (Å²) in [5.74, 6) is 1.23. The van der Waals surface area contributed by atoms with E-state index in [0.717, 1.165) is 5.88 Å². The van der Waals surface area contributed by atoms with Crippen LogP contribution in [0.2, 0.25) is 0 Å². The van der Waals surface area contributed by atoms with Gasteiger partial charge < -0.3 is 0 Å². The molecule has 1 heteroatoms. The molecule has 0 fully saturated rings. The predicted molar refractivity (Wildman–Crippen MR) is 68.6 cm³/mol. The zero-order chi connectivity index (χ0) is 11.3. The Morgan fingerprint density at radius 2 is 1.73 bits per heavy atom. The normalized spacial score (nSPS) is 13.9. The van der Waals surface area contributed by atoms with Gasteiger partial charge in [-0.25, -0.2) is 0 Å². The first-order valence-corrected chi connectivity index (χ1v) is 6.17. The molecule has 0 aromatic heterocycles. The third kappa shape index (κ3) is 4.70. The summed E-state index contributed by atoms with van der Waals surface area (Å²) in [5, 5.41) is 0. The number of hydrogen-bond acceptors (Lipinski definition) is 0. The van der Waals surface area contributed by atoms with Gasteiger partial charge in [0.05, 0.1) is 0 Å². The number of benzene rings is 1. The topological polar surface area (TPSA) is 0 Å². The Labute approximate surface area is 98.7 Å². The lowest BCUT2D eigenvalue weighted by Crippen LogP contribution is -2.09. The molecule has 0 spiro atoms. The first-order chi connectivity index (χ1) is 7.03. The molecule has 1 unspecified atom stereocenters. The van der Waals surface area contributed by atoms with Crippen LogP contribution in [0, 0.1) is 5.41 Å². The molecule has 15 heavy (non-hydrogen) atoms. The number of halogens is 1. The summed E-state index contributed by atoms with van der Waals surface area (Å²) >= 11 is 6.03. The lowest BCUT2D eigenvalue weighted by Gasteiger charge is -2.22. The molecular weight excluding hydrogens is 204 g/mol. The molecule has 0 saturated carbocycles. The molecular formula is C14H21Cl. The van der Waals surface area contributed by atoms with Crippen LogP contribution in [-0.2, 0) is 0 Å². The molecule has 84 valence electrons. The highest BCUT2D eigenvalue weighted by molar-refractivity contribution is 6.18. The number of alkyl halides is 1. The predicted octanol–water partition coefficient (Wildman–Crippen LogP) is 4.84. The molecule has 0 heterocycles. The maximum atomic E-state index is 6.03. The van der Waals surface area contributed by atoms with Gasteiger partial charge in [0.25, 0.3) is 0 Å². The van der Waals surface area contributed by atoms with Crippen molar-refractivity contribution in [3.8, 4) is 0 Å². The second-order valence-corrected chi connectivity index (χ2v) is 5.67. The van der Waals surface area contributed by atoms with Crippen LogP contribution in [0.4, 0.5) is 0 Å². The Kier molecular flexibility index (Phi) is 4.66. The van der Waals surface area contributed by atoms with E-state index in [0.29, 0.717) is 11.3 Å². The van der Waals surface area contributed by atoms with Gasteiger partial charge in [0.1, 0.15) is 0 Å². The molecule has 0 aliphatic carbocycles. The van der Waals surface area contributed by atoms with Crippen LogP contribution in [0.1, 0.15) is 45.1 Å². The lowest BCUT2D eigenvalue weighted by molar-refractivity contribution is 0.353. The number of rotatable bonds is 4. The van der Waals surface area contributed by atoms with E-state index >= 15 is 0 Å². The number of hydrogen-bond donors (Lipinski definition) is 0. The molecule has 1 atom stereocenters. The van der Waals surface area contributed by atoms with Crippen molar-refractivity contribution in [3.05, 3.63) is 35.9 Å². The third-order valence-electron chi connectivity index (χ3n) is 2.70. The third-order valence-corrected chi connectivity index (χ3v) is 3.07. The Balaban J connectivity index is 2.58. The highest BCUT2D eigenvalue weighted by atomic mass is 35.5. The van der Waals surface area contributed by atoms with Crippen LogP contribution in [0.3, 0.4) is 0 Å². The Morgan fingerprint density at radius 1 is 1.13 bits per heavy atom. The Bertz CT molecular complexity index is 271. The summed E-state index contributed by atoms with van der Waals surface area (Å²) in [6.45, 7) is 6.84. The summed E-state index contributed by atoms with van der Waals surface area (Å²) in [6, 6.07) is 10.6. The maximum absolute atomic E-state index is 6.03. The fourth-order valence-electron chi connectivity index (χ4n) is 1.67. The zero-order valence-electron chi connectivity index (χ0n) is 9.96. The van der Waals surface area contributed by atoms with Gasteiger partial charge in [0, 0.05) is 5.88 Å². The van der Waals surface area contributed by atoms with E-state index in [9.17, 15) is 0 Å². The molecule has 0 amide bonds. The largest absolute Gasteiger partial charge is 0.126 e. The van der Waals surface area contributed by atoms with E-state index in [1.165, 1.54) is 18.4 Å². The van der Waals surface area contributed by atoms with E-state index < -0.39 is 0 Å². The van der Waals surface area contributed by atoms with Crippen molar-refractivity contribution in [2.75, 3.05) is 5.88 Å². The van der Waals surface area contributed by atoms with Crippen molar-refractivity contribution in [2.24, 2.45) is 5.41 Å². The molecule has 0 saturated heterocycles. The smallest absolute Gasteiger partial charge is 0.0292 e. The van der Waals surface area contributed by atoms with Crippen molar-refractivity contribution < 1.29 is 0 Å². The average Bonchev–Trinajstić information content (AvgIpc) is 2.19. The van der Waals surface area contributed by atoms with E-state index in [2.05, 4.69) is 51.1 Å². The second kappa shape index (κ2) is 5.55. The van der Waals surface area contributed by atoms with Crippen LogP contribution < -0.4 is 0 Å². The standard InChI is InChI=1S/C14H21Cl/c1-14(2,3)10-9-13(11-15)12-7-5-4-6-8-12/h4-8,13H,9-11H2,1-3H3. The first-order valence-electron chi connectivity index (χ1n) is 5.64. The minimum atomic E-state index is 0.402. The highest BCUT2D eigenvalue weighted by Crippen LogP contribution is 2.29. The van der Waals surface area contributed by atoms with E-state index in [1.807, 2.05) is 0 Å². The molecule has 1 aromatic rings. The molecule has 0 nitrogen and oxygen atoms in total. The van der Waals surface area contributed by atoms with Gasteiger partial charge in [-0.3, -0.25) is 0 Å². The monoisotopic (exact) mass is 224 g/mol. The van der Waals surface area contributed by atoms with Crippen LogP contribution in [-0.4, -0.2) is 5.88 Å². The molecule has 0 radical (unpaired) electrons. The van der Waals surface area contributed by atoms with Crippen molar-refractivity contribution in [1.82, 2.24) is 0 Å². The summed E-state index contributed by atoms with van der Waals surface area (Å²) in [5.41, 5.74) is 1.77. The van der Waals surface area contributed by atoms with E-state index in [4.69, 9.17) is 11.6 Å². The average molecular weight is 225 g/mol.